The van der Waals surface area contributed by atoms with Crippen molar-refractivity contribution in [2.45, 2.75) is 52.1 Å². The Morgan fingerprint density at radius 1 is 1.31 bits per heavy atom. The molecule has 0 heterocycles. The van der Waals surface area contributed by atoms with Gasteiger partial charge in [0.15, 0.2) is 0 Å². The minimum absolute atomic E-state index is 0.244. The van der Waals surface area contributed by atoms with Crippen LogP contribution < -0.4 is 5.32 Å². The van der Waals surface area contributed by atoms with E-state index >= 15 is 0 Å². The summed E-state index contributed by atoms with van der Waals surface area (Å²) in [6, 6.07) is 0.851. The van der Waals surface area contributed by atoms with Gasteiger partial charge in [-0.05, 0) is 31.6 Å². The lowest BCUT2D eigenvalue weighted by Crippen LogP contribution is -2.47. The third kappa shape index (κ3) is 2.96. The van der Waals surface area contributed by atoms with Gasteiger partial charge < -0.3 is 10.4 Å². The molecule has 0 aromatic heterocycles. The van der Waals surface area contributed by atoms with Crippen LogP contribution in [-0.4, -0.2) is 23.8 Å². The Hall–Kier alpha value is -0.0800. The summed E-state index contributed by atoms with van der Waals surface area (Å²) in [5.41, 5.74) is 0. The number of rotatable bonds is 3. The lowest BCUT2D eigenvalue weighted by atomic mass is 9.78. The van der Waals surface area contributed by atoms with Crippen LogP contribution in [0, 0.1) is 11.8 Å². The number of aliphatic hydroxyl groups excluding tert-OH is 1. The molecule has 0 bridgehead atoms. The van der Waals surface area contributed by atoms with Crippen molar-refractivity contribution in [3.05, 3.63) is 0 Å². The molecular weight excluding hydrogens is 162 g/mol. The van der Waals surface area contributed by atoms with Crippen LogP contribution >= 0.6 is 0 Å². The molecule has 0 amide bonds. The molecule has 0 radical (unpaired) electrons. The van der Waals surface area contributed by atoms with Gasteiger partial charge >= 0.3 is 0 Å². The molecule has 1 saturated carbocycles. The lowest BCUT2D eigenvalue weighted by Gasteiger charge is -2.37. The standard InChI is InChI=1S/C11H23NO/c1-8-5-4-6-9(2)11(8)12-10(3)7-13/h8-13H,4-7H2,1-3H3/t8-,9+,10-,11?/m1/s1. The third-order valence-electron chi connectivity index (χ3n) is 3.30. The van der Waals surface area contributed by atoms with Crippen molar-refractivity contribution >= 4 is 0 Å². The molecule has 1 aliphatic carbocycles. The molecule has 2 heteroatoms. The summed E-state index contributed by atoms with van der Waals surface area (Å²) in [6.45, 7) is 6.93. The second-order valence-electron chi connectivity index (χ2n) is 4.66. The molecule has 1 fully saturated rings. The molecule has 4 atom stereocenters. The summed E-state index contributed by atoms with van der Waals surface area (Å²) < 4.78 is 0. The van der Waals surface area contributed by atoms with Crippen LogP contribution in [0.4, 0.5) is 0 Å². The molecule has 0 saturated heterocycles. The first-order chi connectivity index (χ1) is 6.15. The van der Waals surface area contributed by atoms with Gasteiger partial charge in [0.25, 0.3) is 0 Å². The molecule has 1 aliphatic rings. The van der Waals surface area contributed by atoms with E-state index in [0.717, 1.165) is 11.8 Å². The first-order valence-corrected chi connectivity index (χ1v) is 5.52. The van der Waals surface area contributed by atoms with E-state index < -0.39 is 0 Å². The Morgan fingerprint density at radius 3 is 2.31 bits per heavy atom. The number of hydrogen-bond donors (Lipinski definition) is 2. The Kier molecular flexibility index (Phi) is 4.20. The summed E-state index contributed by atoms with van der Waals surface area (Å²) >= 11 is 0. The van der Waals surface area contributed by atoms with Crippen molar-refractivity contribution in [3.63, 3.8) is 0 Å². The quantitative estimate of drug-likeness (QED) is 0.702. The minimum Gasteiger partial charge on any atom is -0.395 e. The first-order valence-electron chi connectivity index (χ1n) is 5.52. The van der Waals surface area contributed by atoms with E-state index in [-0.39, 0.29) is 12.6 Å². The van der Waals surface area contributed by atoms with Gasteiger partial charge in [-0.3, -0.25) is 0 Å². The second-order valence-corrected chi connectivity index (χ2v) is 4.66. The zero-order valence-corrected chi connectivity index (χ0v) is 9.09. The van der Waals surface area contributed by atoms with E-state index in [1.54, 1.807) is 0 Å². The first kappa shape index (κ1) is 11.0. The van der Waals surface area contributed by atoms with Gasteiger partial charge in [0.2, 0.25) is 0 Å². The monoisotopic (exact) mass is 185 g/mol. The van der Waals surface area contributed by atoms with Crippen molar-refractivity contribution in [2.75, 3.05) is 6.61 Å². The maximum Gasteiger partial charge on any atom is 0.0582 e. The molecule has 78 valence electrons. The molecule has 0 aliphatic heterocycles. The summed E-state index contributed by atoms with van der Waals surface area (Å²) in [6.07, 6.45) is 4.04. The van der Waals surface area contributed by atoms with Crippen LogP contribution in [0.15, 0.2) is 0 Å². The Morgan fingerprint density at radius 2 is 1.85 bits per heavy atom. The molecule has 1 unspecified atom stereocenters. The predicted molar refractivity (Wildman–Crippen MR) is 55.7 cm³/mol. The Balaban J connectivity index is 2.43. The van der Waals surface area contributed by atoms with Crippen LogP contribution in [0.5, 0.6) is 0 Å². The fraction of sp³-hybridized carbons (Fsp3) is 1.00. The minimum atomic E-state index is 0.244. The van der Waals surface area contributed by atoms with Crippen molar-refractivity contribution in [3.8, 4) is 0 Å². The van der Waals surface area contributed by atoms with Crippen LogP contribution in [0.3, 0.4) is 0 Å². The average molecular weight is 185 g/mol. The van der Waals surface area contributed by atoms with E-state index in [2.05, 4.69) is 19.2 Å². The van der Waals surface area contributed by atoms with Gasteiger partial charge in [0.1, 0.15) is 0 Å². The van der Waals surface area contributed by atoms with Gasteiger partial charge in [-0.1, -0.05) is 20.3 Å². The average Bonchev–Trinajstić information content (AvgIpc) is 2.11. The Labute approximate surface area is 81.7 Å². The van der Waals surface area contributed by atoms with Gasteiger partial charge in [0, 0.05) is 12.1 Å². The molecule has 0 spiro atoms. The number of aliphatic hydroxyl groups is 1. The highest BCUT2D eigenvalue weighted by Crippen LogP contribution is 2.28. The zero-order valence-electron chi connectivity index (χ0n) is 9.09. The maximum atomic E-state index is 8.98. The van der Waals surface area contributed by atoms with Gasteiger partial charge in [-0.15, -0.1) is 0 Å². The van der Waals surface area contributed by atoms with Gasteiger partial charge in [-0.25, -0.2) is 0 Å². The van der Waals surface area contributed by atoms with Crippen molar-refractivity contribution in [1.82, 2.24) is 5.32 Å². The van der Waals surface area contributed by atoms with Crippen LogP contribution in [-0.2, 0) is 0 Å². The lowest BCUT2D eigenvalue weighted by molar-refractivity contribution is 0.166. The number of nitrogens with one attached hydrogen (secondary N) is 1. The third-order valence-corrected chi connectivity index (χ3v) is 3.30. The van der Waals surface area contributed by atoms with E-state index in [9.17, 15) is 0 Å². The molecule has 2 nitrogen and oxygen atoms in total. The number of hydrogen-bond acceptors (Lipinski definition) is 2. The fourth-order valence-electron chi connectivity index (χ4n) is 2.39. The Bertz CT molecular complexity index is 139. The normalized spacial score (nSPS) is 37.4. The van der Waals surface area contributed by atoms with Crippen molar-refractivity contribution in [2.24, 2.45) is 11.8 Å². The second kappa shape index (κ2) is 4.97. The van der Waals surface area contributed by atoms with Crippen molar-refractivity contribution < 1.29 is 5.11 Å². The van der Waals surface area contributed by atoms with Gasteiger partial charge in [-0.2, -0.15) is 0 Å². The highest BCUT2D eigenvalue weighted by Gasteiger charge is 2.27. The maximum absolute atomic E-state index is 8.98. The molecule has 0 aromatic rings. The smallest absolute Gasteiger partial charge is 0.0582 e. The van der Waals surface area contributed by atoms with E-state index in [1.807, 2.05) is 6.92 Å². The topological polar surface area (TPSA) is 32.3 Å². The molecule has 2 N–H and O–H groups in total. The van der Waals surface area contributed by atoms with Crippen LogP contribution in [0.2, 0.25) is 0 Å². The predicted octanol–water partition coefficient (Wildman–Crippen LogP) is 1.78. The fourth-order valence-corrected chi connectivity index (χ4v) is 2.39. The largest absolute Gasteiger partial charge is 0.395 e. The summed E-state index contributed by atoms with van der Waals surface area (Å²) in [5.74, 6) is 1.52. The van der Waals surface area contributed by atoms with Gasteiger partial charge in [0.05, 0.1) is 6.61 Å². The van der Waals surface area contributed by atoms with E-state index in [4.69, 9.17) is 5.11 Å². The van der Waals surface area contributed by atoms with E-state index in [0.29, 0.717) is 6.04 Å². The molecule has 1 rings (SSSR count). The molecule has 0 aromatic carbocycles. The summed E-state index contributed by atoms with van der Waals surface area (Å²) in [4.78, 5) is 0. The van der Waals surface area contributed by atoms with Crippen LogP contribution in [0.1, 0.15) is 40.0 Å². The summed E-state index contributed by atoms with van der Waals surface area (Å²) in [7, 11) is 0. The highest BCUT2D eigenvalue weighted by atomic mass is 16.3. The SMILES string of the molecule is C[C@H](CO)NC1[C@H](C)CCC[C@@H]1C. The zero-order chi connectivity index (χ0) is 9.84. The molecular formula is C11H23NO. The summed E-state index contributed by atoms with van der Waals surface area (Å²) in [5, 5.41) is 12.5. The van der Waals surface area contributed by atoms with E-state index in [1.165, 1.54) is 19.3 Å². The van der Waals surface area contributed by atoms with Crippen LogP contribution in [0.25, 0.3) is 0 Å². The highest BCUT2D eigenvalue weighted by molar-refractivity contribution is 4.84. The molecule has 13 heavy (non-hydrogen) atoms. The van der Waals surface area contributed by atoms with Crippen molar-refractivity contribution in [1.29, 1.82) is 0 Å².